The van der Waals surface area contributed by atoms with Gasteiger partial charge in [-0.2, -0.15) is 10.2 Å². The Bertz CT molecular complexity index is 1070. The number of aromatic nitrogens is 5. The van der Waals surface area contributed by atoms with Crippen LogP contribution in [0.15, 0.2) is 49.1 Å². The van der Waals surface area contributed by atoms with Crippen molar-refractivity contribution in [3.8, 4) is 11.1 Å². The Kier molecular flexibility index (Phi) is 5.01. The Balaban J connectivity index is 1.63. The van der Waals surface area contributed by atoms with Gasteiger partial charge in [0.2, 0.25) is 0 Å². The largest absolute Gasteiger partial charge is 0.363 e. The van der Waals surface area contributed by atoms with E-state index in [-0.39, 0.29) is 11.9 Å². The third-order valence-corrected chi connectivity index (χ3v) is 4.70. The molecule has 3 heterocycles. The third-order valence-electron chi connectivity index (χ3n) is 4.70. The number of hydrogen-bond acceptors (Lipinski definition) is 4. The average Bonchev–Trinajstić information content (AvgIpc) is 3.36. The molecule has 0 aliphatic carbocycles. The lowest BCUT2D eigenvalue weighted by atomic mass is 9.98. The second kappa shape index (κ2) is 7.75. The number of rotatable bonds is 7. The Labute approximate surface area is 160 Å². The van der Waals surface area contributed by atoms with E-state index in [1.54, 1.807) is 29.2 Å². The minimum Gasteiger partial charge on any atom is -0.363 e. The van der Waals surface area contributed by atoms with Crippen LogP contribution in [0.4, 0.5) is 14.6 Å². The number of aryl methyl sites for hydroxylation is 1. The van der Waals surface area contributed by atoms with Crippen molar-refractivity contribution in [1.82, 2.24) is 24.8 Å². The monoisotopic (exact) mass is 382 g/mol. The van der Waals surface area contributed by atoms with Crippen LogP contribution in [0.3, 0.4) is 0 Å². The predicted octanol–water partition coefficient (Wildman–Crippen LogP) is 4.33. The van der Waals surface area contributed by atoms with Gasteiger partial charge >= 0.3 is 0 Å². The lowest BCUT2D eigenvalue weighted by molar-refractivity contribution is 0.472. The van der Waals surface area contributed by atoms with Crippen LogP contribution in [-0.2, 0) is 6.42 Å². The Morgan fingerprint density at radius 1 is 1.25 bits per heavy atom. The van der Waals surface area contributed by atoms with E-state index < -0.39 is 6.67 Å². The number of alkyl halides is 1. The SMILES string of the molecule is CC(Nc1ccn2ncc(-c3cn[nH]c3)c2n1)c1cc(F)ccc1CCCF. The van der Waals surface area contributed by atoms with Gasteiger partial charge in [-0.1, -0.05) is 6.07 Å². The van der Waals surface area contributed by atoms with Gasteiger partial charge in [-0.3, -0.25) is 9.49 Å². The molecule has 0 spiro atoms. The first kappa shape index (κ1) is 18.1. The van der Waals surface area contributed by atoms with Crippen molar-refractivity contribution in [2.45, 2.75) is 25.8 Å². The normalized spacial score (nSPS) is 12.4. The van der Waals surface area contributed by atoms with Crippen LogP contribution < -0.4 is 5.32 Å². The van der Waals surface area contributed by atoms with Gasteiger partial charge in [0.25, 0.3) is 0 Å². The smallest absolute Gasteiger partial charge is 0.165 e. The van der Waals surface area contributed by atoms with E-state index in [4.69, 9.17) is 0 Å². The van der Waals surface area contributed by atoms with Gasteiger partial charge in [0, 0.05) is 23.5 Å². The topological polar surface area (TPSA) is 70.9 Å². The molecule has 4 rings (SSSR count). The molecule has 0 saturated carbocycles. The average molecular weight is 382 g/mol. The molecule has 0 amide bonds. The molecule has 2 N–H and O–H groups in total. The molecule has 0 saturated heterocycles. The lowest BCUT2D eigenvalue weighted by Crippen LogP contribution is -2.11. The third kappa shape index (κ3) is 3.58. The van der Waals surface area contributed by atoms with E-state index in [1.165, 1.54) is 12.1 Å². The summed E-state index contributed by atoms with van der Waals surface area (Å²) in [6.45, 7) is 1.54. The fraction of sp³-hybridized carbons (Fsp3) is 0.250. The summed E-state index contributed by atoms with van der Waals surface area (Å²) < 4.78 is 28.1. The summed E-state index contributed by atoms with van der Waals surface area (Å²) in [5.74, 6) is 0.333. The molecule has 0 aliphatic heterocycles. The molecule has 1 aromatic carbocycles. The fourth-order valence-electron chi connectivity index (χ4n) is 3.30. The molecule has 1 atom stereocenters. The molecule has 4 aromatic rings. The number of halogens is 2. The van der Waals surface area contributed by atoms with Crippen molar-refractivity contribution >= 4 is 11.5 Å². The number of benzene rings is 1. The zero-order valence-electron chi connectivity index (χ0n) is 15.4. The van der Waals surface area contributed by atoms with E-state index in [9.17, 15) is 8.78 Å². The van der Waals surface area contributed by atoms with Gasteiger partial charge in [0.15, 0.2) is 5.65 Å². The van der Waals surface area contributed by atoms with Crippen LogP contribution in [0.1, 0.15) is 30.5 Å². The highest BCUT2D eigenvalue weighted by Gasteiger charge is 2.14. The summed E-state index contributed by atoms with van der Waals surface area (Å²) in [5.41, 5.74) is 4.18. The van der Waals surface area contributed by atoms with Crippen LogP contribution >= 0.6 is 0 Å². The first-order valence-corrected chi connectivity index (χ1v) is 9.10. The quantitative estimate of drug-likeness (QED) is 0.499. The molecule has 3 aromatic heterocycles. The molecular formula is C20H20F2N6. The second-order valence-electron chi connectivity index (χ2n) is 6.63. The van der Waals surface area contributed by atoms with E-state index >= 15 is 0 Å². The zero-order chi connectivity index (χ0) is 19.5. The zero-order valence-corrected chi connectivity index (χ0v) is 15.4. The minimum absolute atomic E-state index is 0.194. The molecule has 0 fully saturated rings. The summed E-state index contributed by atoms with van der Waals surface area (Å²) in [6, 6.07) is 6.26. The van der Waals surface area contributed by atoms with E-state index in [1.807, 2.05) is 19.2 Å². The molecule has 0 radical (unpaired) electrons. The predicted molar refractivity (Wildman–Crippen MR) is 103 cm³/mol. The molecular weight excluding hydrogens is 362 g/mol. The van der Waals surface area contributed by atoms with Gasteiger partial charge in [-0.05, 0) is 49.1 Å². The van der Waals surface area contributed by atoms with E-state index in [0.717, 1.165) is 22.3 Å². The van der Waals surface area contributed by atoms with Gasteiger partial charge in [0.1, 0.15) is 11.6 Å². The highest BCUT2D eigenvalue weighted by molar-refractivity contribution is 5.76. The molecule has 28 heavy (non-hydrogen) atoms. The highest BCUT2D eigenvalue weighted by atomic mass is 19.1. The number of anilines is 1. The minimum atomic E-state index is -0.394. The summed E-state index contributed by atoms with van der Waals surface area (Å²) in [7, 11) is 0. The number of hydrogen-bond donors (Lipinski definition) is 2. The second-order valence-corrected chi connectivity index (χ2v) is 6.63. The van der Waals surface area contributed by atoms with Crippen LogP contribution in [0, 0.1) is 5.82 Å². The van der Waals surface area contributed by atoms with Crippen molar-refractivity contribution < 1.29 is 8.78 Å². The van der Waals surface area contributed by atoms with Gasteiger partial charge < -0.3 is 5.32 Å². The van der Waals surface area contributed by atoms with Crippen molar-refractivity contribution in [3.63, 3.8) is 0 Å². The maximum atomic E-state index is 13.8. The molecule has 0 bridgehead atoms. The maximum absolute atomic E-state index is 13.8. The van der Waals surface area contributed by atoms with Crippen molar-refractivity contribution in [3.05, 3.63) is 66.0 Å². The summed E-state index contributed by atoms with van der Waals surface area (Å²) >= 11 is 0. The summed E-state index contributed by atoms with van der Waals surface area (Å²) in [5, 5.41) is 14.4. The van der Waals surface area contributed by atoms with Gasteiger partial charge in [-0.25, -0.2) is 13.9 Å². The standard InChI is InChI=1S/C20H20F2N6/c1-13(17-9-16(22)5-4-14(17)3-2-7-21)26-19-6-8-28-20(27-19)18(12-25-28)15-10-23-24-11-15/h4-6,8-13H,2-3,7H2,1H3,(H,23,24)(H,26,27). The molecule has 8 heteroatoms. The number of nitrogens with zero attached hydrogens (tertiary/aromatic N) is 4. The Hall–Kier alpha value is -3.29. The first-order valence-electron chi connectivity index (χ1n) is 9.10. The van der Waals surface area contributed by atoms with Crippen molar-refractivity contribution in [1.29, 1.82) is 0 Å². The number of aromatic amines is 1. The van der Waals surface area contributed by atoms with Crippen LogP contribution in [0.5, 0.6) is 0 Å². The van der Waals surface area contributed by atoms with Gasteiger partial charge in [0.05, 0.1) is 25.1 Å². The highest BCUT2D eigenvalue weighted by Crippen LogP contribution is 2.26. The van der Waals surface area contributed by atoms with Crippen LogP contribution in [0.25, 0.3) is 16.8 Å². The van der Waals surface area contributed by atoms with Crippen molar-refractivity contribution in [2.24, 2.45) is 0 Å². The van der Waals surface area contributed by atoms with Crippen LogP contribution in [-0.4, -0.2) is 31.5 Å². The number of fused-ring (bicyclic) bond motifs is 1. The molecule has 6 nitrogen and oxygen atoms in total. The summed E-state index contributed by atoms with van der Waals surface area (Å²) in [6.07, 6.45) is 8.03. The van der Waals surface area contributed by atoms with Crippen LogP contribution in [0.2, 0.25) is 0 Å². The summed E-state index contributed by atoms with van der Waals surface area (Å²) in [4.78, 5) is 4.66. The van der Waals surface area contributed by atoms with E-state index in [0.29, 0.717) is 24.3 Å². The number of H-pyrrole nitrogens is 1. The number of nitrogens with one attached hydrogen (secondary N) is 2. The van der Waals surface area contributed by atoms with Crippen molar-refractivity contribution in [2.75, 3.05) is 12.0 Å². The fourth-order valence-corrected chi connectivity index (χ4v) is 3.30. The van der Waals surface area contributed by atoms with Gasteiger partial charge in [-0.15, -0.1) is 0 Å². The molecule has 1 unspecified atom stereocenters. The Morgan fingerprint density at radius 3 is 2.93 bits per heavy atom. The maximum Gasteiger partial charge on any atom is 0.165 e. The molecule has 144 valence electrons. The molecule has 0 aliphatic rings. The van der Waals surface area contributed by atoms with E-state index in [2.05, 4.69) is 25.6 Å². The first-order chi connectivity index (χ1) is 13.7. The lowest BCUT2D eigenvalue weighted by Gasteiger charge is -2.19. The Morgan fingerprint density at radius 2 is 2.14 bits per heavy atom.